The first-order chi connectivity index (χ1) is 13.0. The summed E-state index contributed by atoms with van der Waals surface area (Å²) >= 11 is 0. The molecular formula is C20H36N4O3. The molecule has 0 fully saturated rings. The van der Waals surface area contributed by atoms with Gasteiger partial charge in [0, 0.05) is 25.2 Å². The Balaban J connectivity index is 2.41. The van der Waals surface area contributed by atoms with Gasteiger partial charge < -0.3 is 25.5 Å². The summed E-state index contributed by atoms with van der Waals surface area (Å²) in [4.78, 5) is 16.5. The number of guanidine groups is 1. The van der Waals surface area contributed by atoms with Crippen LogP contribution < -0.4 is 16.0 Å². The zero-order chi connectivity index (χ0) is 20.1. The molecular weight excluding hydrogens is 344 g/mol. The van der Waals surface area contributed by atoms with Gasteiger partial charge in [0.25, 0.3) is 5.91 Å². The Labute approximate surface area is 163 Å². The Morgan fingerprint density at radius 3 is 2.37 bits per heavy atom. The molecule has 154 valence electrons. The summed E-state index contributed by atoms with van der Waals surface area (Å²) in [5, 5.41) is 20.0. The van der Waals surface area contributed by atoms with Crippen LogP contribution in [0.4, 0.5) is 0 Å². The van der Waals surface area contributed by atoms with Crippen LogP contribution in [0.2, 0.25) is 0 Å². The van der Waals surface area contributed by atoms with Crippen LogP contribution in [0, 0.1) is 6.92 Å². The van der Waals surface area contributed by atoms with Gasteiger partial charge in [0.2, 0.25) is 0 Å². The van der Waals surface area contributed by atoms with E-state index in [4.69, 9.17) is 4.42 Å². The molecule has 0 spiro atoms. The minimum Gasteiger partial charge on any atom is -0.459 e. The van der Waals surface area contributed by atoms with E-state index >= 15 is 0 Å². The second-order valence-electron chi connectivity index (χ2n) is 6.89. The lowest BCUT2D eigenvalue weighted by Gasteiger charge is -2.26. The molecule has 1 amide bonds. The maximum Gasteiger partial charge on any atom is 0.287 e. The van der Waals surface area contributed by atoms with Gasteiger partial charge in [-0.3, -0.25) is 9.79 Å². The minimum absolute atomic E-state index is 0.192. The third kappa shape index (κ3) is 8.47. The van der Waals surface area contributed by atoms with Gasteiger partial charge in [-0.1, -0.05) is 26.7 Å². The first kappa shape index (κ1) is 23.0. The van der Waals surface area contributed by atoms with E-state index in [1.165, 1.54) is 6.26 Å². The van der Waals surface area contributed by atoms with Crippen LogP contribution >= 0.6 is 0 Å². The second-order valence-corrected chi connectivity index (χ2v) is 6.89. The lowest BCUT2D eigenvalue weighted by atomic mass is 9.93. The average Bonchev–Trinajstić information content (AvgIpc) is 3.05. The van der Waals surface area contributed by atoms with Crippen LogP contribution in [0.5, 0.6) is 0 Å². The molecule has 1 aromatic rings. The van der Waals surface area contributed by atoms with Crippen LogP contribution in [-0.2, 0) is 0 Å². The molecule has 0 saturated heterocycles. The Kier molecular flexibility index (Phi) is 10.6. The number of carbonyl (C=O) groups is 1. The summed E-state index contributed by atoms with van der Waals surface area (Å²) < 4.78 is 5.18. The number of nitrogens with one attached hydrogen (secondary N) is 3. The highest BCUT2D eigenvalue weighted by Crippen LogP contribution is 2.19. The van der Waals surface area contributed by atoms with Crippen molar-refractivity contribution in [2.24, 2.45) is 4.99 Å². The van der Waals surface area contributed by atoms with E-state index < -0.39 is 5.60 Å². The minimum atomic E-state index is -0.735. The predicted molar refractivity (Wildman–Crippen MR) is 109 cm³/mol. The molecule has 27 heavy (non-hydrogen) atoms. The van der Waals surface area contributed by atoms with Crippen molar-refractivity contribution in [2.75, 3.05) is 26.2 Å². The number of aryl methyl sites for hydroxylation is 1. The molecule has 0 aromatic carbocycles. The maximum atomic E-state index is 12.0. The van der Waals surface area contributed by atoms with Crippen molar-refractivity contribution < 1.29 is 14.3 Å². The first-order valence-corrected chi connectivity index (χ1v) is 10.0. The fourth-order valence-electron chi connectivity index (χ4n) is 2.96. The summed E-state index contributed by atoms with van der Waals surface area (Å²) in [6.07, 6.45) is 5.65. The number of hydrogen-bond donors (Lipinski definition) is 4. The van der Waals surface area contributed by atoms with Crippen LogP contribution in [0.1, 0.15) is 69.0 Å². The molecule has 4 N–H and O–H groups in total. The Morgan fingerprint density at radius 2 is 1.81 bits per heavy atom. The van der Waals surface area contributed by atoms with Crippen molar-refractivity contribution in [3.63, 3.8) is 0 Å². The molecule has 0 bridgehead atoms. The van der Waals surface area contributed by atoms with E-state index in [9.17, 15) is 9.90 Å². The molecule has 7 heteroatoms. The fraction of sp³-hybridized carbons (Fsp3) is 0.700. The number of amides is 1. The molecule has 0 saturated carbocycles. The number of aliphatic hydroxyl groups is 1. The Morgan fingerprint density at radius 1 is 1.15 bits per heavy atom. The van der Waals surface area contributed by atoms with Crippen LogP contribution in [0.25, 0.3) is 0 Å². The first-order valence-electron chi connectivity index (χ1n) is 10.0. The summed E-state index contributed by atoms with van der Waals surface area (Å²) in [5.41, 5.74) is 0.0969. The van der Waals surface area contributed by atoms with E-state index in [2.05, 4.69) is 34.8 Å². The smallest absolute Gasteiger partial charge is 0.287 e. The molecule has 1 rings (SSSR count). The van der Waals surface area contributed by atoms with E-state index in [0.29, 0.717) is 31.4 Å². The topological polar surface area (TPSA) is 98.9 Å². The molecule has 0 atom stereocenters. The normalized spacial score (nSPS) is 12.1. The van der Waals surface area contributed by atoms with Crippen molar-refractivity contribution in [3.05, 3.63) is 23.7 Å². The number of furan rings is 1. The predicted octanol–water partition coefficient (Wildman–Crippen LogP) is 2.59. The average molecular weight is 381 g/mol. The summed E-state index contributed by atoms with van der Waals surface area (Å²) in [7, 11) is 0. The van der Waals surface area contributed by atoms with Crippen molar-refractivity contribution >= 4 is 11.9 Å². The monoisotopic (exact) mass is 380 g/mol. The summed E-state index contributed by atoms with van der Waals surface area (Å²) in [6, 6.07) is 1.77. The zero-order valence-corrected chi connectivity index (χ0v) is 17.2. The maximum absolute atomic E-state index is 12.0. The molecule has 0 aliphatic carbocycles. The number of hydrogen-bond acceptors (Lipinski definition) is 4. The van der Waals surface area contributed by atoms with Crippen LogP contribution in [0.3, 0.4) is 0 Å². The summed E-state index contributed by atoms with van der Waals surface area (Å²) in [5.74, 6) is 0.864. The highest BCUT2D eigenvalue weighted by atomic mass is 16.3. The van der Waals surface area contributed by atoms with Gasteiger partial charge in [0.15, 0.2) is 11.7 Å². The lowest BCUT2D eigenvalue weighted by Crippen LogP contribution is -2.41. The van der Waals surface area contributed by atoms with Gasteiger partial charge in [-0.15, -0.1) is 0 Å². The highest BCUT2D eigenvalue weighted by Gasteiger charge is 2.24. The quantitative estimate of drug-likeness (QED) is 0.254. The van der Waals surface area contributed by atoms with E-state index in [1.807, 2.05) is 13.8 Å². The van der Waals surface area contributed by atoms with Crippen molar-refractivity contribution in [2.45, 2.75) is 65.4 Å². The van der Waals surface area contributed by atoms with E-state index in [-0.39, 0.29) is 5.91 Å². The van der Waals surface area contributed by atoms with Crippen molar-refractivity contribution in [1.82, 2.24) is 16.0 Å². The molecule has 0 unspecified atom stereocenters. The molecule has 0 radical (unpaired) electrons. The third-order valence-electron chi connectivity index (χ3n) is 4.31. The van der Waals surface area contributed by atoms with E-state index in [1.54, 1.807) is 6.07 Å². The lowest BCUT2D eigenvalue weighted by molar-refractivity contribution is 0.0306. The highest BCUT2D eigenvalue weighted by molar-refractivity contribution is 5.92. The fourth-order valence-corrected chi connectivity index (χ4v) is 2.96. The van der Waals surface area contributed by atoms with Gasteiger partial charge in [-0.05, 0) is 39.2 Å². The number of nitrogens with zero attached hydrogens (tertiary/aromatic N) is 1. The standard InChI is InChI=1S/C20H36N4O3/c1-5-10-20(26,11-6-2)15-24-19(21-7-3)23-13-8-12-22-18(25)17-16(4)9-14-27-17/h9,14,26H,5-8,10-13,15H2,1-4H3,(H,22,25)(H2,21,23,24). The molecule has 7 nitrogen and oxygen atoms in total. The van der Waals surface area contributed by atoms with E-state index in [0.717, 1.165) is 44.2 Å². The van der Waals surface area contributed by atoms with Gasteiger partial charge in [-0.25, -0.2) is 0 Å². The number of rotatable bonds is 12. The van der Waals surface area contributed by atoms with Crippen LogP contribution in [-0.4, -0.2) is 48.8 Å². The van der Waals surface area contributed by atoms with Gasteiger partial charge in [0.1, 0.15) is 0 Å². The number of aliphatic imine (C=N–C) groups is 1. The Bertz CT molecular complexity index is 578. The van der Waals surface area contributed by atoms with Crippen LogP contribution in [0.15, 0.2) is 21.7 Å². The number of carbonyl (C=O) groups excluding carboxylic acids is 1. The van der Waals surface area contributed by atoms with Gasteiger partial charge in [-0.2, -0.15) is 0 Å². The van der Waals surface area contributed by atoms with Crippen molar-refractivity contribution in [3.8, 4) is 0 Å². The SMILES string of the molecule is CCCC(O)(CCC)CN=C(NCC)NCCCNC(=O)c1occc1C. The zero-order valence-electron chi connectivity index (χ0n) is 17.2. The van der Waals surface area contributed by atoms with Crippen molar-refractivity contribution in [1.29, 1.82) is 0 Å². The largest absolute Gasteiger partial charge is 0.459 e. The van der Waals surface area contributed by atoms with Gasteiger partial charge >= 0.3 is 0 Å². The molecule has 0 aliphatic heterocycles. The third-order valence-corrected chi connectivity index (χ3v) is 4.31. The molecule has 0 aliphatic rings. The van der Waals surface area contributed by atoms with Gasteiger partial charge in [0.05, 0.1) is 18.4 Å². The Hall–Kier alpha value is -2.02. The summed E-state index contributed by atoms with van der Waals surface area (Å²) in [6.45, 7) is 10.4. The molecule has 1 aromatic heterocycles. The second kappa shape index (κ2) is 12.4. The molecule has 1 heterocycles.